The second kappa shape index (κ2) is 6.19. The molecule has 0 fully saturated rings. The van der Waals surface area contributed by atoms with Gasteiger partial charge >= 0.3 is 11.9 Å². The summed E-state index contributed by atoms with van der Waals surface area (Å²) >= 11 is 0. The molecule has 4 nitrogen and oxygen atoms in total. The monoisotopic (exact) mass is 250 g/mol. The van der Waals surface area contributed by atoms with E-state index in [0.29, 0.717) is 0 Å². The van der Waals surface area contributed by atoms with Gasteiger partial charge in [0.15, 0.2) is 0 Å². The molecule has 0 radical (unpaired) electrons. The number of esters is 1. The van der Waals surface area contributed by atoms with E-state index in [-0.39, 0.29) is 25.4 Å². The predicted octanol–water partition coefficient (Wildman–Crippen LogP) is 2.62. The van der Waals surface area contributed by atoms with Crippen LogP contribution in [0.15, 0.2) is 30.3 Å². The van der Waals surface area contributed by atoms with Crippen molar-refractivity contribution < 1.29 is 19.4 Å². The van der Waals surface area contributed by atoms with Crippen molar-refractivity contribution in [3.8, 4) is 0 Å². The van der Waals surface area contributed by atoms with Crippen LogP contribution < -0.4 is 0 Å². The van der Waals surface area contributed by atoms with Crippen LogP contribution in [0.5, 0.6) is 0 Å². The van der Waals surface area contributed by atoms with Crippen molar-refractivity contribution in [2.24, 2.45) is 5.41 Å². The Bertz CT molecular complexity index is 409. The average molecular weight is 250 g/mol. The Hall–Kier alpha value is -1.84. The van der Waals surface area contributed by atoms with Crippen molar-refractivity contribution in [3.63, 3.8) is 0 Å². The molecule has 0 heterocycles. The maximum Gasteiger partial charge on any atom is 0.309 e. The molecule has 0 unspecified atom stereocenters. The normalized spacial score (nSPS) is 11.0. The Morgan fingerprint density at radius 1 is 1.22 bits per heavy atom. The summed E-state index contributed by atoms with van der Waals surface area (Å²) in [6.07, 6.45) is 0.391. The topological polar surface area (TPSA) is 63.6 Å². The van der Waals surface area contributed by atoms with E-state index in [9.17, 15) is 9.59 Å². The molecule has 1 aromatic rings. The lowest BCUT2D eigenvalue weighted by Gasteiger charge is -2.17. The van der Waals surface area contributed by atoms with Crippen molar-refractivity contribution in [1.29, 1.82) is 0 Å². The number of hydrogen-bond donors (Lipinski definition) is 1. The van der Waals surface area contributed by atoms with E-state index in [0.717, 1.165) is 5.56 Å². The zero-order valence-electron chi connectivity index (χ0n) is 10.7. The molecule has 18 heavy (non-hydrogen) atoms. The fourth-order valence-corrected chi connectivity index (χ4v) is 1.33. The molecule has 0 amide bonds. The number of hydrogen-bond acceptors (Lipinski definition) is 3. The van der Waals surface area contributed by atoms with Crippen LogP contribution in [0.2, 0.25) is 0 Å². The largest absolute Gasteiger partial charge is 0.481 e. The van der Waals surface area contributed by atoms with Gasteiger partial charge in [0.1, 0.15) is 6.61 Å². The highest BCUT2D eigenvalue weighted by atomic mass is 16.5. The summed E-state index contributed by atoms with van der Waals surface area (Å²) < 4.78 is 5.07. The smallest absolute Gasteiger partial charge is 0.309 e. The maximum absolute atomic E-state index is 11.5. The lowest BCUT2D eigenvalue weighted by molar-refractivity contribution is -0.149. The average Bonchev–Trinajstić information content (AvgIpc) is 2.35. The summed E-state index contributed by atoms with van der Waals surface area (Å²) in [5.74, 6) is -1.27. The summed E-state index contributed by atoms with van der Waals surface area (Å²) in [6, 6.07) is 9.37. The van der Waals surface area contributed by atoms with E-state index in [1.807, 2.05) is 30.3 Å². The molecule has 0 saturated carbocycles. The zero-order valence-corrected chi connectivity index (χ0v) is 10.7. The van der Waals surface area contributed by atoms with Gasteiger partial charge in [-0.05, 0) is 25.8 Å². The zero-order chi connectivity index (χ0) is 13.6. The fourth-order valence-electron chi connectivity index (χ4n) is 1.33. The first-order valence-electron chi connectivity index (χ1n) is 5.85. The van der Waals surface area contributed by atoms with Crippen LogP contribution in [0.3, 0.4) is 0 Å². The van der Waals surface area contributed by atoms with Crippen molar-refractivity contribution in [2.45, 2.75) is 33.3 Å². The van der Waals surface area contributed by atoms with E-state index in [1.165, 1.54) is 0 Å². The molecular weight excluding hydrogens is 232 g/mol. The predicted molar refractivity (Wildman–Crippen MR) is 66.9 cm³/mol. The van der Waals surface area contributed by atoms with Gasteiger partial charge in [-0.15, -0.1) is 0 Å². The second-order valence-corrected chi connectivity index (χ2v) is 4.84. The van der Waals surface area contributed by atoms with E-state index in [2.05, 4.69) is 0 Å². The van der Waals surface area contributed by atoms with Gasteiger partial charge in [0.2, 0.25) is 0 Å². The number of aliphatic carboxylic acids is 1. The van der Waals surface area contributed by atoms with Crippen molar-refractivity contribution in [1.82, 2.24) is 0 Å². The fraction of sp³-hybridized carbons (Fsp3) is 0.429. The standard InChI is InChI=1S/C14H18O4/c1-14(2,13(16)17)9-8-12(15)18-10-11-6-4-3-5-7-11/h3-7H,8-10H2,1-2H3,(H,16,17). The van der Waals surface area contributed by atoms with Crippen LogP contribution in [0.1, 0.15) is 32.3 Å². The van der Waals surface area contributed by atoms with E-state index < -0.39 is 11.4 Å². The number of carbonyl (C=O) groups is 2. The SMILES string of the molecule is CC(C)(CCC(=O)OCc1ccccc1)C(=O)O. The molecule has 1 aromatic carbocycles. The summed E-state index contributed by atoms with van der Waals surface area (Å²) in [5, 5.41) is 8.91. The van der Waals surface area contributed by atoms with Gasteiger partial charge in [-0.3, -0.25) is 9.59 Å². The minimum atomic E-state index is -0.904. The first-order valence-corrected chi connectivity index (χ1v) is 5.85. The molecule has 0 aromatic heterocycles. The summed E-state index contributed by atoms with van der Waals surface area (Å²) in [5.41, 5.74) is 0.0227. The van der Waals surface area contributed by atoms with Crippen LogP contribution in [-0.2, 0) is 20.9 Å². The minimum absolute atomic E-state index is 0.117. The van der Waals surface area contributed by atoms with Gasteiger partial charge in [0.25, 0.3) is 0 Å². The lowest BCUT2D eigenvalue weighted by atomic mass is 9.88. The molecule has 0 aliphatic heterocycles. The van der Waals surface area contributed by atoms with Crippen LogP contribution >= 0.6 is 0 Å². The Morgan fingerprint density at radius 2 is 1.83 bits per heavy atom. The quantitative estimate of drug-likeness (QED) is 0.788. The summed E-state index contributed by atoms with van der Waals surface area (Å²) in [7, 11) is 0. The van der Waals surface area contributed by atoms with Gasteiger partial charge in [-0.2, -0.15) is 0 Å². The highest BCUT2D eigenvalue weighted by Gasteiger charge is 2.27. The first kappa shape index (κ1) is 14.2. The van der Waals surface area contributed by atoms with Gasteiger partial charge in [-0.1, -0.05) is 30.3 Å². The van der Waals surface area contributed by atoms with Crippen LogP contribution in [0.4, 0.5) is 0 Å². The molecule has 0 saturated heterocycles. The van der Waals surface area contributed by atoms with Crippen LogP contribution in [0.25, 0.3) is 0 Å². The van der Waals surface area contributed by atoms with Crippen LogP contribution in [0, 0.1) is 5.41 Å². The number of ether oxygens (including phenoxy) is 1. The molecule has 0 bridgehead atoms. The Morgan fingerprint density at radius 3 is 2.39 bits per heavy atom. The van der Waals surface area contributed by atoms with Gasteiger partial charge in [0, 0.05) is 6.42 Å². The first-order chi connectivity index (χ1) is 8.42. The Balaban J connectivity index is 2.33. The molecule has 1 rings (SSSR count). The Kier molecular flexibility index (Phi) is 4.89. The number of benzene rings is 1. The molecule has 0 aliphatic rings. The van der Waals surface area contributed by atoms with E-state index in [1.54, 1.807) is 13.8 Å². The van der Waals surface area contributed by atoms with E-state index in [4.69, 9.17) is 9.84 Å². The third-order valence-electron chi connectivity index (χ3n) is 2.78. The number of carbonyl (C=O) groups excluding carboxylic acids is 1. The third-order valence-corrected chi connectivity index (χ3v) is 2.78. The molecule has 0 aliphatic carbocycles. The molecule has 98 valence electrons. The molecule has 0 atom stereocenters. The van der Waals surface area contributed by atoms with Crippen LogP contribution in [-0.4, -0.2) is 17.0 Å². The number of rotatable bonds is 6. The number of carboxylic acid groups (broad SMARTS) is 1. The second-order valence-electron chi connectivity index (χ2n) is 4.84. The summed E-state index contributed by atoms with van der Waals surface area (Å²) in [6.45, 7) is 3.42. The minimum Gasteiger partial charge on any atom is -0.481 e. The molecule has 0 spiro atoms. The third kappa shape index (κ3) is 4.57. The van der Waals surface area contributed by atoms with E-state index >= 15 is 0 Å². The molecule has 1 N–H and O–H groups in total. The maximum atomic E-state index is 11.5. The van der Waals surface area contributed by atoms with Gasteiger partial charge in [0.05, 0.1) is 5.41 Å². The highest BCUT2D eigenvalue weighted by molar-refractivity contribution is 5.75. The van der Waals surface area contributed by atoms with Crippen molar-refractivity contribution >= 4 is 11.9 Å². The summed E-state index contributed by atoms with van der Waals surface area (Å²) in [4.78, 5) is 22.3. The van der Waals surface area contributed by atoms with Gasteiger partial charge in [-0.25, -0.2) is 0 Å². The van der Waals surface area contributed by atoms with Gasteiger partial charge < -0.3 is 9.84 Å². The van der Waals surface area contributed by atoms with Crippen molar-refractivity contribution in [3.05, 3.63) is 35.9 Å². The molecule has 4 heteroatoms. The Labute approximate surface area is 107 Å². The highest BCUT2D eigenvalue weighted by Crippen LogP contribution is 2.22. The molecular formula is C14H18O4. The lowest BCUT2D eigenvalue weighted by Crippen LogP contribution is -2.24. The van der Waals surface area contributed by atoms with Crippen molar-refractivity contribution in [2.75, 3.05) is 0 Å². The number of carboxylic acids is 1.